The Kier molecular flexibility index (Phi) is 6.49. The molecule has 0 amide bonds. The molecule has 0 radical (unpaired) electrons. The minimum atomic E-state index is -0.750. The van der Waals surface area contributed by atoms with Crippen LogP contribution in [0.15, 0.2) is 5.16 Å². The van der Waals surface area contributed by atoms with Gasteiger partial charge in [0.1, 0.15) is 0 Å². The van der Waals surface area contributed by atoms with Crippen LogP contribution in [0.25, 0.3) is 0 Å². The van der Waals surface area contributed by atoms with E-state index >= 15 is 0 Å². The van der Waals surface area contributed by atoms with Crippen LogP contribution >= 0.6 is 0 Å². The van der Waals surface area contributed by atoms with Crippen LogP contribution in [-0.2, 0) is 23.9 Å². The van der Waals surface area contributed by atoms with Crippen LogP contribution in [0.5, 0.6) is 0 Å². The van der Waals surface area contributed by atoms with Crippen molar-refractivity contribution in [3.63, 3.8) is 0 Å². The van der Waals surface area contributed by atoms with Gasteiger partial charge in [-0.15, -0.1) is 0 Å². The molecule has 1 fully saturated rings. The lowest BCUT2D eigenvalue weighted by atomic mass is 9.95. The van der Waals surface area contributed by atoms with Crippen LogP contribution in [0.2, 0.25) is 0 Å². The van der Waals surface area contributed by atoms with E-state index in [-0.39, 0.29) is 24.5 Å². The Balaban J connectivity index is 2.68. The van der Waals surface area contributed by atoms with Crippen LogP contribution in [-0.4, -0.2) is 43.4 Å². The smallest absolute Gasteiger partial charge is 0.364 e. The number of carbonyl (C=O) groups is 2. The third kappa shape index (κ3) is 4.63. The van der Waals surface area contributed by atoms with Gasteiger partial charge in [-0.25, -0.2) is 4.79 Å². The maximum absolute atomic E-state index is 11.5. The predicted octanol–water partition coefficient (Wildman–Crippen LogP) is 1.47. The van der Waals surface area contributed by atoms with E-state index in [4.69, 9.17) is 14.3 Å². The Morgan fingerprint density at radius 3 is 2.37 bits per heavy atom. The minimum absolute atomic E-state index is 0.0482. The standard InChI is InChI=1S/C13H21NO5/c1-4-18-13(16)12(9(2)15)14-19-11-8-6-5-7-10(11)17-3/h10-11H,4-8H2,1-3H3/t10-,11-/m1/s1. The van der Waals surface area contributed by atoms with Crippen molar-refractivity contribution in [3.05, 3.63) is 0 Å². The van der Waals surface area contributed by atoms with Crippen LogP contribution in [0.3, 0.4) is 0 Å². The molecule has 0 aromatic rings. The van der Waals surface area contributed by atoms with Gasteiger partial charge in [0, 0.05) is 14.0 Å². The van der Waals surface area contributed by atoms with Crippen molar-refractivity contribution in [2.24, 2.45) is 5.16 Å². The number of esters is 1. The molecule has 19 heavy (non-hydrogen) atoms. The fraction of sp³-hybridized carbons (Fsp3) is 0.769. The first-order chi connectivity index (χ1) is 9.10. The summed E-state index contributed by atoms with van der Waals surface area (Å²) in [7, 11) is 1.62. The number of hydrogen-bond donors (Lipinski definition) is 0. The lowest BCUT2D eigenvalue weighted by molar-refractivity contribution is -0.136. The van der Waals surface area contributed by atoms with Gasteiger partial charge in [-0.1, -0.05) is 11.6 Å². The van der Waals surface area contributed by atoms with Crippen molar-refractivity contribution in [2.45, 2.75) is 51.7 Å². The average Bonchev–Trinajstić information content (AvgIpc) is 2.39. The number of methoxy groups -OCH3 is 1. The fourth-order valence-electron chi connectivity index (χ4n) is 2.02. The molecule has 6 nitrogen and oxygen atoms in total. The molecule has 0 spiro atoms. The topological polar surface area (TPSA) is 74.2 Å². The summed E-state index contributed by atoms with van der Waals surface area (Å²) in [5.74, 6) is -1.22. The number of ether oxygens (including phenoxy) is 2. The van der Waals surface area contributed by atoms with Crippen molar-refractivity contribution in [2.75, 3.05) is 13.7 Å². The number of ketones is 1. The normalized spacial score (nSPS) is 23.8. The number of oxime groups is 1. The van der Waals surface area contributed by atoms with E-state index in [1.165, 1.54) is 6.92 Å². The Labute approximate surface area is 113 Å². The molecule has 108 valence electrons. The summed E-state index contributed by atoms with van der Waals surface area (Å²) >= 11 is 0. The lowest BCUT2D eigenvalue weighted by Gasteiger charge is -2.28. The van der Waals surface area contributed by atoms with Crippen LogP contribution < -0.4 is 0 Å². The monoisotopic (exact) mass is 271 g/mol. The molecule has 0 heterocycles. The van der Waals surface area contributed by atoms with E-state index in [1.807, 2.05) is 0 Å². The van der Waals surface area contributed by atoms with Gasteiger partial charge in [0.25, 0.3) is 0 Å². The molecule has 1 saturated carbocycles. The molecule has 1 aliphatic rings. The van der Waals surface area contributed by atoms with Crippen LogP contribution in [0, 0.1) is 0 Å². The molecule has 0 aliphatic heterocycles. The summed E-state index contributed by atoms with van der Waals surface area (Å²) in [6.07, 6.45) is 3.53. The van der Waals surface area contributed by atoms with Crippen LogP contribution in [0.1, 0.15) is 39.5 Å². The molecular formula is C13H21NO5. The summed E-state index contributed by atoms with van der Waals surface area (Å²) in [6, 6.07) is 0. The zero-order valence-electron chi connectivity index (χ0n) is 11.7. The second-order valence-electron chi connectivity index (χ2n) is 4.42. The van der Waals surface area contributed by atoms with E-state index in [9.17, 15) is 9.59 Å². The zero-order valence-corrected chi connectivity index (χ0v) is 11.7. The van der Waals surface area contributed by atoms with Crippen molar-refractivity contribution in [1.29, 1.82) is 0 Å². The van der Waals surface area contributed by atoms with E-state index < -0.39 is 11.8 Å². The predicted molar refractivity (Wildman–Crippen MR) is 68.9 cm³/mol. The van der Waals surface area contributed by atoms with E-state index in [2.05, 4.69) is 5.16 Å². The molecule has 2 atom stereocenters. The minimum Gasteiger partial charge on any atom is -0.461 e. The van der Waals surface area contributed by atoms with Gasteiger partial charge in [0.2, 0.25) is 5.71 Å². The van der Waals surface area contributed by atoms with E-state index in [1.54, 1.807) is 14.0 Å². The zero-order chi connectivity index (χ0) is 14.3. The van der Waals surface area contributed by atoms with Gasteiger partial charge in [0.05, 0.1) is 12.7 Å². The van der Waals surface area contributed by atoms with Crippen LogP contribution in [0.4, 0.5) is 0 Å². The van der Waals surface area contributed by atoms with E-state index in [0.29, 0.717) is 0 Å². The number of hydrogen-bond acceptors (Lipinski definition) is 6. The van der Waals surface area contributed by atoms with Crippen molar-refractivity contribution in [3.8, 4) is 0 Å². The lowest BCUT2D eigenvalue weighted by Crippen LogP contribution is -2.34. The number of carbonyl (C=O) groups excluding carboxylic acids is 2. The molecule has 0 aromatic heterocycles. The molecule has 1 aliphatic carbocycles. The fourth-order valence-corrected chi connectivity index (χ4v) is 2.02. The van der Waals surface area contributed by atoms with Gasteiger partial charge in [-0.05, 0) is 26.2 Å². The summed E-state index contributed by atoms with van der Waals surface area (Å²) in [6.45, 7) is 3.11. The molecular weight excluding hydrogens is 250 g/mol. The molecule has 0 saturated heterocycles. The number of nitrogens with zero attached hydrogens (tertiary/aromatic N) is 1. The van der Waals surface area contributed by atoms with E-state index in [0.717, 1.165) is 25.7 Å². The summed E-state index contributed by atoms with van der Waals surface area (Å²) in [4.78, 5) is 28.2. The second kappa shape index (κ2) is 7.89. The highest BCUT2D eigenvalue weighted by atomic mass is 16.7. The van der Waals surface area contributed by atoms with Crippen molar-refractivity contribution in [1.82, 2.24) is 0 Å². The summed E-state index contributed by atoms with van der Waals surface area (Å²) in [5.41, 5.74) is -0.303. The highest BCUT2D eigenvalue weighted by molar-refractivity contribution is 6.63. The largest absolute Gasteiger partial charge is 0.461 e. The SMILES string of the molecule is CCOC(=O)C(=NO[C@@H]1CCCC[C@H]1OC)C(C)=O. The first kappa shape index (κ1) is 15.6. The Hall–Kier alpha value is -1.43. The van der Waals surface area contributed by atoms with Gasteiger partial charge < -0.3 is 14.3 Å². The van der Waals surface area contributed by atoms with Crippen molar-refractivity contribution >= 4 is 17.5 Å². The Morgan fingerprint density at radius 1 is 1.21 bits per heavy atom. The highest BCUT2D eigenvalue weighted by Crippen LogP contribution is 2.23. The van der Waals surface area contributed by atoms with Gasteiger partial charge >= 0.3 is 5.97 Å². The number of rotatable bonds is 6. The second-order valence-corrected chi connectivity index (χ2v) is 4.42. The highest BCUT2D eigenvalue weighted by Gasteiger charge is 2.28. The first-order valence-corrected chi connectivity index (χ1v) is 6.54. The molecule has 0 unspecified atom stereocenters. The average molecular weight is 271 g/mol. The maximum Gasteiger partial charge on any atom is 0.364 e. The first-order valence-electron chi connectivity index (χ1n) is 6.54. The molecule has 1 rings (SSSR count). The van der Waals surface area contributed by atoms with Gasteiger partial charge in [0.15, 0.2) is 11.9 Å². The van der Waals surface area contributed by atoms with Crippen molar-refractivity contribution < 1.29 is 23.9 Å². The molecule has 0 bridgehead atoms. The molecule has 0 N–H and O–H groups in total. The number of Topliss-reactive ketones (excluding diaryl/α,β-unsaturated/α-hetero) is 1. The summed E-state index contributed by atoms with van der Waals surface area (Å²) < 4.78 is 10.1. The summed E-state index contributed by atoms with van der Waals surface area (Å²) in [5, 5.41) is 3.68. The Bertz CT molecular complexity index is 353. The molecule has 0 aromatic carbocycles. The third-order valence-corrected chi connectivity index (χ3v) is 3.03. The van der Waals surface area contributed by atoms with Gasteiger partial charge in [-0.2, -0.15) is 0 Å². The quantitative estimate of drug-likeness (QED) is 0.316. The Morgan fingerprint density at radius 2 is 1.84 bits per heavy atom. The molecule has 6 heteroatoms. The third-order valence-electron chi connectivity index (χ3n) is 3.03. The van der Waals surface area contributed by atoms with Gasteiger partial charge in [-0.3, -0.25) is 4.79 Å². The maximum atomic E-state index is 11.5.